The summed E-state index contributed by atoms with van der Waals surface area (Å²) in [5, 5.41) is 2.91. The maximum atomic E-state index is 11.9. The highest BCUT2D eigenvalue weighted by molar-refractivity contribution is 5.91. The molecule has 2 unspecified atom stereocenters. The Balaban J connectivity index is 1.74. The van der Waals surface area contributed by atoms with Crippen LogP contribution in [0.2, 0.25) is 0 Å². The molecule has 20 heavy (non-hydrogen) atoms. The molecule has 1 aliphatic rings. The Kier molecular flexibility index (Phi) is 5.29. The van der Waals surface area contributed by atoms with E-state index in [1.165, 1.54) is 38.1 Å². The molecule has 0 radical (unpaired) electrons. The normalized spacial score (nSPS) is 22.3. The standard InChI is InChI=1S/C14H23N5O/c1-10-3-2-4-11(7-10)5-6-16-14(20)12-8-18-13(19-15)9-17-12/h8-11H,2-7,15H2,1H3,(H,16,20)(H,18,19). The monoisotopic (exact) mass is 277 g/mol. The molecule has 2 atom stereocenters. The van der Waals surface area contributed by atoms with E-state index < -0.39 is 0 Å². The highest BCUT2D eigenvalue weighted by Crippen LogP contribution is 2.30. The van der Waals surface area contributed by atoms with Crippen LogP contribution in [0.25, 0.3) is 0 Å². The van der Waals surface area contributed by atoms with Crippen molar-refractivity contribution in [2.24, 2.45) is 17.7 Å². The van der Waals surface area contributed by atoms with Crippen LogP contribution in [0.3, 0.4) is 0 Å². The van der Waals surface area contributed by atoms with Gasteiger partial charge in [0.25, 0.3) is 5.91 Å². The molecule has 1 aromatic rings. The van der Waals surface area contributed by atoms with Crippen molar-refractivity contribution in [3.63, 3.8) is 0 Å². The third kappa shape index (κ3) is 4.16. The van der Waals surface area contributed by atoms with Gasteiger partial charge in [0, 0.05) is 6.54 Å². The molecule has 4 N–H and O–H groups in total. The zero-order valence-electron chi connectivity index (χ0n) is 11.9. The Morgan fingerprint density at radius 2 is 2.25 bits per heavy atom. The minimum Gasteiger partial charge on any atom is -0.351 e. The predicted molar refractivity (Wildman–Crippen MR) is 77.9 cm³/mol. The van der Waals surface area contributed by atoms with Gasteiger partial charge in [0.2, 0.25) is 0 Å². The van der Waals surface area contributed by atoms with Crippen LogP contribution < -0.4 is 16.6 Å². The number of rotatable bonds is 5. The molecule has 0 spiro atoms. The minimum atomic E-state index is -0.176. The third-order valence-corrected chi connectivity index (χ3v) is 3.92. The van der Waals surface area contributed by atoms with Crippen LogP contribution in [0.5, 0.6) is 0 Å². The van der Waals surface area contributed by atoms with Gasteiger partial charge < -0.3 is 10.7 Å². The van der Waals surface area contributed by atoms with Crippen molar-refractivity contribution in [3.05, 3.63) is 18.1 Å². The highest BCUT2D eigenvalue weighted by atomic mass is 16.1. The fourth-order valence-electron chi connectivity index (χ4n) is 2.82. The lowest BCUT2D eigenvalue weighted by molar-refractivity contribution is 0.0944. The van der Waals surface area contributed by atoms with Crippen LogP contribution in [0.1, 0.15) is 49.5 Å². The second kappa shape index (κ2) is 7.19. The van der Waals surface area contributed by atoms with Gasteiger partial charge in [0.05, 0.1) is 12.4 Å². The molecule has 0 saturated heterocycles. The Morgan fingerprint density at radius 1 is 1.40 bits per heavy atom. The SMILES string of the molecule is CC1CCCC(CCNC(=O)c2cnc(NN)cn2)C1. The van der Waals surface area contributed by atoms with Crippen LogP contribution in [-0.4, -0.2) is 22.4 Å². The molecule has 0 bridgehead atoms. The maximum Gasteiger partial charge on any atom is 0.271 e. The number of nitrogen functional groups attached to an aromatic ring is 1. The summed E-state index contributed by atoms with van der Waals surface area (Å²) in [5.74, 6) is 7.03. The van der Waals surface area contributed by atoms with E-state index in [9.17, 15) is 4.79 Å². The first-order valence-electron chi connectivity index (χ1n) is 7.26. The van der Waals surface area contributed by atoms with Gasteiger partial charge in [-0.25, -0.2) is 15.8 Å². The summed E-state index contributed by atoms with van der Waals surface area (Å²) in [6.07, 6.45) is 9.15. The summed E-state index contributed by atoms with van der Waals surface area (Å²) >= 11 is 0. The first kappa shape index (κ1) is 14.7. The molecule has 1 saturated carbocycles. The molecule has 1 amide bonds. The van der Waals surface area contributed by atoms with Crippen LogP contribution in [0.15, 0.2) is 12.4 Å². The van der Waals surface area contributed by atoms with Gasteiger partial charge in [0.1, 0.15) is 5.69 Å². The lowest BCUT2D eigenvalue weighted by Crippen LogP contribution is -2.28. The number of nitrogens with zero attached hydrogens (tertiary/aromatic N) is 2. The van der Waals surface area contributed by atoms with Crippen molar-refractivity contribution in [1.82, 2.24) is 15.3 Å². The van der Waals surface area contributed by atoms with Gasteiger partial charge in [-0.3, -0.25) is 4.79 Å². The Hall–Kier alpha value is -1.69. The second-order valence-corrected chi connectivity index (χ2v) is 5.61. The summed E-state index contributed by atoms with van der Waals surface area (Å²) in [4.78, 5) is 19.9. The van der Waals surface area contributed by atoms with Crippen LogP contribution >= 0.6 is 0 Å². The van der Waals surface area contributed by atoms with Gasteiger partial charge in [0.15, 0.2) is 5.82 Å². The molecule has 0 aromatic carbocycles. The molecule has 1 fully saturated rings. The predicted octanol–water partition coefficient (Wildman–Crippen LogP) is 1.71. The van der Waals surface area contributed by atoms with E-state index in [0.717, 1.165) is 18.3 Å². The average molecular weight is 277 g/mol. The van der Waals surface area contributed by atoms with Gasteiger partial charge in [-0.15, -0.1) is 0 Å². The van der Waals surface area contributed by atoms with Crippen molar-refractivity contribution >= 4 is 11.7 Å². The number of carbonyl (C=O) groups is 1. The summed E-state index contributed by atoms with van der Waals surface area (Å²) in [5.41, 5.74) is 2.70. The summed E-state index contributed by atoms with van der Waals surface area (Å²) < 4.78 is 0. The van der Waals surface area contributed by atoms with Crippen molar-refractivity contribution in [2.45, 2.75) is 39.0 Å². The lowest BCUT2D eigenvalue weighted by Gasteiger charge is -2.26. The maximum absolute atomic E-state index is 11.9. The van der Waals surface area contributed by atoms with Gasteiger partial charge >= 0.3 is 0 Å². The second-order valence-electron chi connectivity index (χ2n) is 5.61. The zero-order valence-corrected chi connectivity index (χ0v) is 11.9. The van der Waals surface area contributed by atoms with Crippen LogP contribution in [0.4, 0.5) is 5.82 Å². The minimum absolute atomic E-state index is 0.176. The van der Waals surface area contributed by atoms with E-state index in [2.05, 4.69) is 27.6 Å². The Bertz CT molecular complexity index is 434. The Labute approximate surface area is 119 Å². The number of hydrazine groups is 1. The summed E-state index contributed by atoms with van der Waals surface area (Å²) in [6, 6.07) is 0. The zero-order chi connectivity index (χ0) is 14.4. The number of carbonyl (C=O) groups excluding carboxylic acids is 1. The van der Waals surface area contributed by atoms with Gasteiger partial charge in [-0.1, -0.05) is 26.2 Å². The molecule has 110 valence electrons. The van der Waals surface area contributed by atoms with E-state index in [0.29, 0.717) is 18.1 Å². The number of hydrogen-bond acceptors (Lipinski definition) is 5. The first-order valence-corrected chi connectivity index (χ1v) is 7.26. The molecule has 6 heteroatoms. The van der Waals surface area contributed by atoms with Gasteiger partial charge in [-0.05, 0) is 24.7 Å². The molecule has 6 nitrogen and oxygen atoms in total. The molecule has 1 aliphatic carbocycles. The van der Waals surface area contributed by atoms with E-state index in [1.54, 1.807) is 0 Å². The largest absolute Gasteiger partial charge is 0.351 e. The Morgan fingerprint density at radius 3 is 2.90 bits per heavy atom. The summed E-state index contributed by atoms with van der Waals surface area (Å²) in [6.45, 7) is 3.02. The fourth-order valence-corrected chi connectivity index (χ4v) is 2.82. The number of nitrogens with two attached hydrogens (primary N) is 1. The average Bonchev–Trinajstić information content (AvgIpc) is 2.47. The number of aromatic nitrogens is 2. The van der Waals surface area contributed by atoms with Gasteiger partial charge in [-0.2, -0.15) is 0 Å². The topological polar surface area (TPSA) is 92.9 Å². The summed E-state index contributed by atoms with van der Waals surface area (Å²) in [7, 11) is 0. The first-order chi connectivity index (χ1) is 9.69. The molecular weight excluding hydrogens is 254 g/mol. The molecule has 1 heterocycles. The van der Waals surface area contributed by atoms with Crippen molar-refractivity contribution in [3.8, 4) is 0 Å². The van der Waals surface area contributed by atoms with E-state index in [-0.39, 0.29) is 5.91 Å². The van der Waals surface area contributed by atoms with Crippen molar-refractivity contribution < 1.29 is 4.79 Å². The molecule has 1 aromatic heterocycles. The molecular formula is C14H23N5O. The number of amides is 1. The lowest BCUT2D eigenvalue weighted by atomic mass is 9.81. The molecule has 0 aliphatic heterocycles. The van der Waals surface area contributed by atoms with E-state index in [4.69, 9.17) is 5.84 Å². The van der Waals surface area contributed by atoms with E-state index >= 15 is 0 Å². The van der Waals surface area contributed by atoms with E-state index in [1.807, 2.05) is 0 Å². The van der Waals surface area contributed by atoms with Crippen LogP contribution in [0, 0.1) is 11.8 Å². The number of nitrogens with one attached hydrogen (secondary N) is 2. The third-order valence-electron chi connectivity index (χ3n) is 3.92. The quantitative estimate of drug-likeness (QED) is 0.563. The highest BCUT2D eigenvalue weighted by Gasteiger charge is 2.18. The smallest absolute Gasteiger partial charge is 0.271 e. The fraction of sp³-hybridized carbons (Fsp3) is 0.643. The van der Waals surface area contributed by atoms with Crippen molar-refractivity contribution in [1.29, 1.82) is 0 Å². The number of hydrogen-bond donors (Lipinski definition) is 3. The molecule has 2 rings (SSSR count). The van der Waals surface area contributed by atoms with Crippen LogP contribution in [-0.2, 0) is 0 Å². The number of anilines is 1. The van der Waals surface area contributed by atoms with Crippen molar-refractivity contribution in [2.75, 3.05) is 12.0 Å².